The van der Waals surface area contributed by atoms with E-state index in [-0.39, 0.29) is 23.8 Å². The van der Waals surface area contributed by atoms with Crippen LogP contribution < -0.4 is 34.5 Å². The maximum absolute atomic E-state index is 5.31. The highest BCUT2D eigenvalue weighted by atomic mass is 15.5. The van der Waals surface area contributed by atoms with E-state index < -0.39 is 6.29 Å². The summed E-state index contributed by atoms with van der Waals surface area (Å²) in [6.45, 7) is 0. The molecular weight excluding hydrogens is 240 g/mol. The molecule has 98 valence electrons. The minimum absolute atomic E-state index is 0.0417. The second kappa shape index (κ2) is 5.55. The number of hydrogen-bond donors (Lipinski definition) is 6. The lowest BCUT2D eigenvalue weighted by Gasteiger charge is -2.19. The molecule has 0 spiro atoms. The van der Waals surface area contributed by atoms with Gasteiger partial charge >= 0.3 is 0 Å². The lowest BCUT2D eigenvalue weighted by molar-refractivity contribution is 0.343. The molecular formula is C6H14N12. The number of aliphatic imine (C=N–C) groups is 2. The minimum Gasteiger partial charge on any atom is -0.368 e. The summed E-state index contributed by atoms with van der Waals surface area (Å²) in [5.74, 6) is 5.52. The largest absolute Gasteiger partial charge is 0.368 e. The van der Waals surface area contributed by atoms with Gasteiger partial charge < -0.3 is 22.9 Å². The Morgan fingerprint density at radius 2 is 1.39 bits per heavy atom. The Labute approximate surface area is 102 Å². The van der Waals surface area contributed by atoms with Gasteiger partial charge in [0.2, 0.25) is 23.8 Å². The fraction of sp³-hybridized carbons (Fsp3) is 0.167. The van der Waals surface area contributed by atoms with E-state index >= 15 is 0 Å². The Morgan fingerprint density at radius 1 is 0.944 bits per heavy atom. The van der Waals surface area contributed by atoms with E-state index in [1.165, 1.54) is 6.34 Å². The summed E-state index contributed by atoms with van der Waals surface area (Å²) < 4.78 is 0. The Kier molecular flexibility index (Phi) is 4.11. The molecule has 1 aromatic rings. The maximum atomic E-state index is 5.31. The molecule has 1 aliphatic rings. The third-order valence-electron chi connectivity index (χ3n) is 1.58. The SMILES string of the molecule is NC1=NC(N)N(N)C=N1.Nc1nc(N)nc(N)n1. The van der Waals surface area contributed by atoms with Gasteiger partial charge in [-0.1, -0.05) is 0 Å². The van der Waals surface area contributed by atoms with E-state index in [2.05, 4.69) is 24.9 Å². The Balaban J connectivity index is 0.000000180. The number of hydrazine groups is 1. The van der Waals surface area contributed by atoms with Gasteiger partial charge in [-0.3, -0.25) is 10.7 Å². The predicted molar refractivity (Wildman–Crippen MR) is 67.2 cm³/mol. The van der Waals surface area contributed by atoms with Gasteiger partial charge in [0.05, 0.1) is 0 Å². The van der Waals surface area contributed by atoms with Crippen LogP contribution in [0.3, 0.4) is 0 Å². The highest BCUT2D eigenvalue weighted by Crippen LogP contribution is 1.97. The zero-order valence-corrected chi connectivity index (χ0v) is 9.30. The van der Waals surface area contributed by atoms with Crippen molar-refractivity contribution < 1.29 is 0 Å². The van der Waals surface area contributed by atoms with E-state index in [0.29, 0.717) is 0 Å². The lowest BCUT2D eigenvalue weighted by atomic mass is 10.7. The smallest absolute Gasteiger partial charge is 0.226 e. The molecule has 1 atom stereocenters. The molecule has 0 saturated carbocycles. The Bertz CT molecular complexity index is 415. The van der Waals surface area contributed by atoms with Gasteiger partial charge in [0.1, 0.15) is 6.34 Å². The third-order valence-corrected chi connectivity index (χ3v) is 1.58. The highest BCUT2D eigenvalue weighted by molar-refractivity contribution is 5.87. The number of rotatable bonds is 0. The topological polar surface area (TPSA) is 223 Å². The van der Waals surface area contributed by atoms with Crippen LogP contribution in [0.1, 0.15) is 0 Å². The summed E-state index contributed by atoms with van der Waals surface area (Å²) in [6.07, 6.45) is 0.731. The third kappa shape index (κ3) is 4.03. The van der Waals surface area contributed by atoms with Crippen molar-refractivity contribution in [3.8, 4) is 0 Å². The second-order valence-corrected chi connectivity index (χ2v) is 3.00. The number of hydrogen-bond acceptors (Lipinski definition) is 12. The van der Waals surface area contributed by atoms with E-state index in [1.54, 1.807) is 0 Å². The molecule has 2 heterocycles. The average Bonchev–Trinajstić information content (AvgIpc) is 2.23. The number of guanidine groups is 1. The first kappa shape index (κ1) is 13.3. The molecule has 1 aromatic heterocycles. The molecule has 0 bridgehead atoms. The summed E-state index contributed by atoms with van der Waals surface area (Å²) in [5, 5.41) is 1.16. The number of aromatic nitrogens is 3. The molecule has 12 nitrogen and oxygen atoms in total. The molecule has 18 heavy (non-hydrogen) atoms. The molecule has 0 aliphatic carbocycles. The van der Waals surface area contributed by atoms with Crippen LogP contribution in [-0.4, -0.2) is 38.5 Å². The average molecular weight is 254 g/mol. The van der Waals surface area contributed by atoms with Crippen molar-refractivity contribution in [3.05, 3.63) is 0 Å². The molecule has 2 rings (SSSR count). The van der Waals surface area contributed by atoms with Crippen molar-refractivity contribution in [2.24, 2.45) is 27.3 Å². The van der Waals surface area contributed by atoms with Crippen LogP contribution in [-0.2, 0) is 0 Å². The number of anilines is 3. The van der Waals surface area contributed by atoms with Crippen molar-refractivity contribution in [2.75, 3.05) is 17.2 Å². The lowest BCUT2D eigenvalue weighted by Crippen LogP contribution is -2.47. The normalized spacial score (nSPS) is 17.8. The molecule has 1 aliphatic heterocycles. The van der Waals surface area contributed by atoms with Gasteiger partial charge in [-0.15, -0.1) is 0 Å². The number of nitrogens with zero attached hydrogens (tertiary/aromatic N) is 6. The summed E-state index contributed by atoms with van der Waals surface area (Å²) in [6, 6.07) is 0. The van der Waals surface area contributed by atoms with Crippen molar-refractivity contribution in [3.63, 3.8) is 0 Å². The summed E-state index contributed by atoms with van der Waals surface area (Å²) in [5.41, 5.74) is 25.9. The quantitative estimate of drug-likeness (QED) is 0.249. The zero-order valence-electron chi connectivity index (χ0n) is 9.30. The first-order valence-electron chi connectivity index (χ1n) is 4.57. The maximum Gasteiger partial charge on any atom is 0.226 e. The predicted octanol–water partition coefficient (Wildman–Crippen LogP) is -3.62. The van der Waals surface area contributed by atoms with Crippen LogP contribution in [0.15, 0.2) is 9.98 Å². The number of nitrogen functional groups attached to an aromatic ring is 3. The van der Waals surface area contributed by atoms with Gasteiger partial charge in [0, 0.05) is 0 Å². The fourth-order valence-electron chi connectivity index (χ4n) is 0.857. The molecule has 0 amide bonds. The molecule has 0 saturated heterocycles. The van der Waals surface area contributed by atoms with Crippen LogP contribution in [0, 0.1) is 0 Å². The standard InChI is InChI=1S/C3H8N6.C3H6N6/c4-2-7-1-9(6)3(5)8-2;4-1-7-2(5)9-3(6)8-1/h1,3H,5-6H2,(H2,4,8);(H6,4,5,6,7,8,9). The van der Waals surface area contributed by atoms with Crippen LogP contribution in [0.25, 0.3) is 0 Å². The fourth-order valence-corrected chi connectivity index (χ4v) is 0.857. The zero-order chi connectivity index (χ0) is 13.7. The van der Waals surface area contributed by atoms with Crippen molar-refractivity contribution in [1.29, 1.82) is 0 Å². The van der Waals surface area contributed by atoms with Gasteiger partial charge in [0.15, 0.2) is 6.29 Å². The monoisotopic (exact) mass is 254 g/mol. The number of nitrogens with two attached hydrogens (primary N) is 6. The van der Waals surface area contributed by atoms with Crippen LogP contribution in [0.5, 0.6) is 0 Å². The van der Waals surface area contributed by atoms with E-state index in [0.717, 1.165) is 5.01 Å². The van der Waals surface area contributed by atoms with E-state index in [4.69, 9.17) is 34.5 Å². The van der Waals surface area contributed by atoms with Crippen LogP contribution in [0.2, 0.25) is 0 Å². The van der Waals surface area contributed by atoms with Crippen molar-refractivity contribution >= 4 is 30.1 Å². The second-order valence-electron chi connectivity index (χ2n) is 3.00. The van der Waals surface area contributed by atoms with Crippen molar-refractivity contribution in [2.45, 2.75) is 6.29 Å². The molecule has 12 N–H and O–H groups in total. The van der Waals surface area contributed by atoms with Gasteiger partial charge in [0.25, 0.3) is 0 Å². The molecule has 12 heteroatoms. The first-order chi connectivity index (χ1) is 8.38. The van der Waals surface area contributed by atoms with Crippen molar-refractivity contribution in [1.82, 2.24) is 20.0 Å². The Hall–Kier alpha value is -2.73. The molecule has 0 radical (unpaired) electrons. The van der Waals surface area contributed by atoms with Crippen LogP contribution >= 0.6 is 0 Å². The summed E-state index contributed by atoms with van der Waals surface area (Å²) in [7, 11) is 0. The molecule has 1 unspecified atom stereocenters. The summed E-state index contributed by atoms with van der Waals surface area (Å²) >= 11 is 0. The van der Waals surface area contributed by atoms with E-state index in [1.807, 2.05) is 0 Å². The molecule has 0 fully saturated rings. The summed E-state index contributed by atoms with van der Waals surface area (Å²) in [4.78, 5) is 17.7. The van der Waals surface area contributed by atoms with Gasteiger partial charge in [-0.2, -0.15) is 15.0 Å². The first-order valence-corrected chi connectivity index (χ1v) is 4.57. The van der Waals surface area contributed by atoms with Gasteiger partial charge in [-0.05, 0) is 0 Å². The highest BCUT2D eigenvalue weighted by Gasteiger charge is 2.08. The Morgan fingerprint density at radius 3 is 1.72 bits per heavy atom. The van der Waals surface area contributed by atoms with Crippen LogP contribution in [0.4, 0.5) is 17.8 Å². The minimum atomic E-state index is -0.595. The van der Waals surface area contributed by atoms with E-state index in [9.17, 15) is 0 Å². The van der Waals surface area contributed by atoms with Gasteiger partial charge in [-0.25, -0.2) is 15.8 Å². The molecule has 0 aromatic carbocycles.